The average molecular weight is 369 g/mol. The van der Waals surface area contributed by atoms with Gasteiger partial charge in [-0.2, -0.15) is 0 Å². The molecule has 27 heavy (non-hydrogen) atoms. The molecule has 1 aliphatic carbocycles. The van der Waals surface area contributed by atoms with Crippen LogP contribution in [0.3, 0.4) is 0 Å². The summed E-state index contributed by atoms with van der Waals surface area (Å²) in [5.74, 6) is 0.0601. The van der Waals surface area contributed by atoms with Gasteiger partial charge in [0.2, 0.25) is 5.91 Å². The zero-order valence-corrected chi connectivity index (χ0v) is 16.7. The van der Waals surface area contributed by atoms with E-state index in [1.165, 1.54) is 31.3 Å². The van der Waals surface area contributed by atoms with Crippen LogP contribution in [0, 0.1) is 19.8 Å². The van der Waals surface area contributed by atoms with Gasteiger partial charge < -0.3 is 10.2 Å². The largest absolute Gasteiger partial charge is 0.355 e. The minimum absolute atomic E-state index is 0.0478. The zero-order valence-electron chi connectivity index (χ0n) is 16.7. The first-order valence-corrected chi connectivity index (χ1v) is 10.4. The third-order valence-corrected chi connectivity index (χ3v) is 5.68. The Morgan fingerprint density at radius 1 is 1.11 bits per heavy atom. The van der Waals surface area contributed by atoms with E-state index in [9.17, 15) is 9.59 Å². The molecule has 1 aliphatic heterocycles. The van der Waals surface area contributed by atoms with E-state index in [1.807, 2.05) is 30.9 Å². The van der Waals surface area contributed by atoms with Crippen LogP contribution in [0.5, 0.6) is 0 Å². The van der Waals surface area contributed by atoms with Crippen molar-refractivity contribution in [1.82, 2.24) is 10.2 Å². The number of piperidine rings is 1. The van der Waals surface area contributed by atoms with E-state index >= 15 is 0 Å². The van der Waals surface area contributed by atoms with Gasteiger partial charge in [-0.15, -0.1) is 0 Å². The summed E-state index contributed by atoms with van der Waals surface area (Å²) in [7, 11) is 0. The number of hydrogen-bond acceptors (Lipinski definition) is 2. The van der Waals surface area contributed by atoms with E-state index in [2.05, 4.69) is 17.5 Å². The first-order chi connectivity index (χ1) is 13.0. The van der Waals surface area contributed by atoms with Gasteiger partial charge in [-0.25, -0.2) is 0 Å². The van der Waals surface area contributed by atoms with Gasteiger partial charge in [-0.1, -0.05) is 28.8 Å². The molecule has 1 heterocycles. The smallest absolute Gasteiger partial charge is 0.253 e. The Labute approximate surface area is 163 Å². The standard InChI is InChI=1S/C23H32N2O2/c1-17-13-18(2)15-21(14-17)23(27)25-12-6-9-20(16-25)22(26)24-11-10-19-7-4-3-5-8-19/h7,13-15,20H,3-6,8-12,16H2,1-2H3,(H,24,26). The van der Waals surface area contributed by atoms with Crippen molar-refractivity contribution in [2.75, 3.05) is 19.6 Å². The van der Waals surface area contributed by atoms with Gasteiger partial charge in [0.25, 0.3) is 5.91 Å². The minimum atomic E-state index is -0.0889. The van der Waals surface area contributed by atoms with Gasteiger partial charge in [0, 0.05) is 25.2 Å². The van der Waals surface area contributed by atoms with Crippen LogP contribution in [-0.4, -0.2) is 36.3 Å². The van der Waals surface area contributed by atoms with Crippen LogP contribution in [-0.2, 0) is 4.79 Å². The molecule has 1 N–H and O–H groups in total. The van der Waals surface area contributed by atoms with E-state index in [-0.39, 0.29) is 17.7 Å². The molecule has 1 aromatic rings. The number of hydrogen-bond donors (Lipinski definition) is 1. The summed E-state index contributed by atoms with van der Waals surface area (Å²) in [4.78, 5) is 27.3. The number of nitrogens with one attached hydrogen (secondary N) is 1. The fourth-order valence-corrected chi connectivity index (χ4v) is 4.28. The van der Waals surface area contributed by atoms with Crippen LogP contribution in [0.2, 0.25) is 0 Å². The van der Waals surface area contributed by atoms with Gasteiger partial charge in [0.1, 0.15) is 0 Å². The van der Waals surface area contributed by atoms with Gasteiger partial charge in [-0.3, -0.25) is 9.59 Å². The number of allylic oxidation sites excluding steroid dienone is 1. The number of aryl methyl sites for hydroxylation is 2. The lowest BCUT2D eigenvalue weighted by Crippen LogP contribution is -2.45. The van der Waals surface area contributed by atoms with Crippen molar-refractivity contribution in [2.45, 2.75) is 58.8 Å². The monoisotopic (exact) mass is 368 g/mol. The van der Waals surface area contributed by atoms with Crippen LogP contribution in [0.1, 0.15) is 66.4 Å². The zero-order chi connectivity index (χ0) is 19.2. The molecule has 1 unspecified atom stereocenters. The molecule has 2 aliphatic rings. The molecule has 2 amide bonds. The molecule has 1 fully saturated rings. The van der Waals surface area contributed by atoms with E-state index in [1.54, 1.807) is 0 Å². The molecule has 0 aromatic heterocycles. The molecule has 4 nitrogen and oxygen atoms in total. The molecule has 0 saturated carbocycles. The van der Waals surface area contributed by atoms with Gasteiger partial charge >= 0.3 is 0 Å². The molecular formula is C23H32N2O2. The average Bonchev–Trinajstić information content (AvgIpc) is 2.67. The second kappa shape index (κ2) is 9.20. The summed E-state index contributed by atoms with van der Waals surface area (Å²) in [6.07, 6.45) is 9.98. The highest BCUT2D eigenvalue weighted by molar-refractivity contribution is 5.95. The van der Waals surface area contributed by atoms with Crippen molar-refractivity contribution >= 4 is 11.8 Å². The highest BCUT2D eigenvalue weighted by Gasteiger charge is 2.28. The summed E-state index contributed by atoms with van der Waals surface area (Å²) in [6.45, 7) is 6.00. The molecule has 1 atom stereocenters. The van der Waals surface area contributed by atoms with Crippen LogP contribution in [0.15, 0.2) is 29.8 Å². The third-order valence-electron chi connectivity index (χ3n) is 5.68. The fraction of sp³-hybridized carbons (Fsp3) is 0.565. The lowest BCUT2D eigenvalue weighted by atomic mass is 9.95. The predicted molar refractivity (Wildman–Crippen MR) is 109 cm³/mol. The van der Waals surface area contributed by atoms with Gasteiger partial charge in [-0.05, 0) is 70.9 Å². The molecule has 1 saturated heterocycles. The number of carbonyl (C=O) groups excluding carboxylic acids is 2. The topological polar surface area (TPSA) is 49.4 Å². The predicted octanol–water partition coefficient (Wildman–Crippen LogP) is 4.16. The molecule has 4 heteroatoms. The van der Waals surface area contributed by atoms with Crippen LogP contribution >= 0.6 is 0 Å². The Morgan fingerprint density at radius 2 is 1.89 bits per heavy atom. The summed E-state index contributed by atoms with van der Waals surface area (Å²) in [5, 5.41) is 3.10. The number of benzene rings is 1. The molecular weight excluding hydrogens is 336 g/mol. The van der Waals surface area contributed by atoms with Crippen molar-refractivity contribution < 1.29 is 9.59 Å². The number of nitrogens with zero attached hydrogens (tertiary/aromatic N) is 1. The lowest BCUT2D eigenvalue weighted by molar-refractivity contribution is -0.126. The normalized spacial score (nSPS) is 20.1. The molecule has 0 spiro atoms. The first kappa shape index (κ1) is 19.7. The highest BCUT2D eigenvalue weighted by atomic mass is 16.2. The van der Waals surface area contributed by atoms with Crippen LogP contribution < -0.4 is 5.32 Å². The fourth-order valence-electron chi connectivity index (χ4n) is 4.28. The summed E-state index contributed by atoms with van der Waals surface area (Å²) in [6, 6.07) is 5.96. The van der Waals surface area contributed by atoms with E-state index in [0.717, 1.165) is 42.5 Å². The second-order valence-corrected chi connectivity index (χ2v) is 8.12. The summed E-state index contributed by atoms with van der Waals surface area (Å²) < 4.78 is 0. The van der Waals surface area contributed by atoms with Crippen LogP contribution in [0.25, 0.3) is 0 Å². The third kappa shape index (κ3) is 5.44. The molecule has 3 rings (SSSR count). The maximum Gasteiger partial charge on any atom is 0.253 e. The van der Waals surface area contributed by atoms with Crippen molar-refractivity contribution in [1.29, 1.82) is 0 Å². The summed E-state index contributed by atoms with van der Waals surface area (Å²) >= 11 is 0. The van der Waals surface area contributed by atoms with Gasteiger partial charge in [0.15, 0.2) is 0 Å². The Bertz CT molecular complexity index is 703. The van der Waals surface area contributed by atoms with Gasteiger partial charge in [0.05, 0.1) is 5.92 Å². The van der Waals surface area contributed by atoms with Crippen molar-refractivity contribution in [3.05, 3.63) is 46.5 Å². The lowest BCUT2D eigenvalue weighted by Gasteiger charge is -2.32. The molecule has 0 radical (unpaired) electrons. The highest BCUT2D eigenvalue weighted by Crippen LogP contribution is 2.21. The van der Waals surface area contributed by atoms with Crippen molar-refractivity contribution in [3.8, 4) is 0 Å². The molecule has 1 aromatic carbocycles. The summed E-state index contributed by atoms with van der Waals surface area (Å²) in [5.41, 5.74) is 4.41. The maximum atomic E-state index is 12.9. The Hall–Kier alpha value is -2.10. The van der Waals surface area contributed by atoms with E-state index < -0.39 is 0 Å². The number of likely N-dealkylation sites (tertiary alicyclic amines) is 1. The SMILES string of the molecule is Cc1cc(C)cc(C(=O)N2CCCC(C(=O)NCCC3=CCCCC3)C2)c1. The Kier molecular flexibility index (Phi) is 6.70. The quantitative estimate of drug-likeness (QED) is 0.793. The number of rotatable bonds is 5. The van der Waals surface area contributed by atoms with Crippen molar-refractivity contribution in [3.63, 3.8) is 0 Å². The number of carbonyl (C=O) groups is 2. The minimum Gasteiger partial charge on any atom is -0.355 e. The Morgan fingerprint density at radius 3 is 2.59 bits per heavy atom. The molecule has 0 bridgehead atoms. The number of amides is 2. The van der Waals surface area contributed by atoms with Crippen molar-refractivity contribution in [2.24, 2.45) is 5.92 Å². The maximum absolute atomic E-state index is 12.9. The molecule has 146 valence electrons. The van der Waals surface area contributed by atoms with E-state index in [0.29, 0.717) is 13.1 Å². The van der Waals surface area contributed by atoms with E-state index in [4.69, 9.17) is 0 Å². The van der Waals surface area contributed by atoms with Crippen LogP contribution in [0.4, 0.5) is 0 Å². The second-order valence-electron chi connectivity index (χ2n) is 8.12. The Balaban J connectivity index is 1.52. The first-order valence-electron chi connectivity index (χ1n) is 10.4.